The first-order valence-corrected chi connectivity index (χ1v) is 8.97. The number of likely N-dealkylation sites (tertiary alicyclic amines) is 1. The zero-order chi connectivity index (χ0) is 19.4. The second-order valence-corrected chi connectivity index (χ2v) is 6.70. The van der Waals surface area contributed by atoms with E-state index in [1.54, 1.807) is 32.0 Å². The molecule has 3 rings (SSSR count). The molecule has 0 saturated carbocycles. The molecule has 0 spiro atoms. The summed E-state index contributed by atoms with van der Waals surface area (Å²) in [6.45, 7) is 2.73. The van der Waals surface area contributed by atoms with Crippen LogP contribution in [0, 0.1) is 6.92 Å². The van der Waals surface area contributed by atoms with Crippen LogP contribution in [-0.4, -0.2) is 49.5 Å². The molecular formula is C20H25N3O4. The summed E-state index contributed by atoms with van der Waals surface area (Å²) in [5.74, 6) is 1.18. The van der Waals surface area contributed by atoms with E-state index in [0.717, 1.165) is 11.4 Å². The third-order valence-electron chi connectivity index (χ3n) is 5.11. The van der Waals surface area contributed by atoms with Gasteiger partial charge >= 0.3 is 0 Å². The zero-order valence-electron chi connectivity index (χ0n) is 15.9. The zero-order valence-corrected chi connectivity index (χ0v) is 15.9. The van der Waals surface area contributed by atoms with Crippen LogP contribution in [-0.2, 0) is 4.79 Å². The van der Waals surface area contributed by atoms with Crippen LogP contribution < -0.4 is 15.4 Å². The second-order valence-electron chi connectivity index (χ2n) is 6.70. The summed E-state index contributed by atoms with van der Waals surface area (Å²) in [5.41, 5.74) is 0.607. The summed E-state index contributed by atoms with van der Waals surface area (Å²) < 4.78 is 10.5. The third-order valence-corrected chi connectivity index (χ3v) is 5.11. The first-order valence-electron chi connectivity index (χ1n) is 8.97. The average Bonchev–Trinajstić information content (AvgIpc) is 3.13. The SMILES string of the molecule is CNC(=O)C1(Nc2cccc(OC)c2)CCN(C(=O)c2ccoc2C)CC1. The lowest BCUT2D eigenvalue weighted by Gasteiger charge is -2.41. The normalized spacial score (nSPS) is 15.9. The van der Waals surface area contributed by atoms with Gasteiger partial charge in [-0.15, -0.1) is 0 Å². The Hall–Kier alpha value is -2.96. The molecule has 0 aliphatic carbocycles. The molecule has 2 heterocycles. The van der Waals surface area contributed by atoms with Gasteiger partial charge < -0.3 is 24.7 Å². The minimum absolute atomic E-state index is 0.0619. The van der Waals surface area contributed by atoms with Gasteiger partial charge in [0.2, 0.25) is 5.91 Å². The lowest BCUT2D eigenvalue weighted by molar-refractivity contribution is -0.126. The number of methoxy groups -OCH3 is 1. The fourth-order valence-corrected chi connectivity index (χ4v) is 3.49. The van der Waals surface area contributed by atoms with Crippen LogP contribution in [0.15, 0.2) is 41.0 Å². The van der Waals surface area contributed by atoms with E-state index in [4.69, 9.17) is 9.15 Å². The molecule has 7 heteroatoms. The first kappa shape index (κ1) is 18.8. The van der Waals surface area contributed by atoms with Crippen molar-refractivity contribution in [2.24, 2.45) is 0 Å². The molecule has 0 radical (unpaired) electrons. The number of benzene rings is 1. The minimum Gasteiger partial charge on any atom is -0.497 e. The Kier molecular flexibility index (Phi) is 5.39. The number of hydrogen-bond donors (Lipinski definition) is 2. The van der Waals surface area contributed by atoms with E-state index in [2.05, 4.69) is 10.6 Å². The number of likely N-dealkylation sites (N-methyl/N-ethyl adjacent to an activating group) is 1. The summed E-state index contributed by atoms with van der Waals surface area (Å²) in [7, 11) is 3.24. The summed E-state index contributed by atoms with van der Waals surface area (Å²) in [6.07, 6.45) is 2.53. The average molecular weight is 371 g/mol. The highest BCUT2D eigenvalue weighted by Crippen LogP contribution is 2.30. The Balaban J connectivity index is 1.76. The Morgan fingerprint density at radius 3 is 2.56 bits per heavy atom. The summed E-state index contributed by atoms with van der Waals surface area (Å²) in [6, 6.07) is 9.18. The fraction of sp³-hybridized carbons (Fsp3) is 0.400. The maximum Gasteiger partial charge on any atom is 0.257 e. The molecule has 2 aromatic rings. The Morgan fingerprint density at radius 1 is 1.22 bits per heavy atom. The van der Waals surface area contributed by atoms with E-state index in [1.807, 2.05) is 24.3 Å². The number of amides is 2. The summed E-state index contributed by atoms with van der Waals surface area (Å²) >= 11 is 0. The first-order chi connectivity index (χ1) is 13.0. The predicted molar refractivity (Wildman–Crippen MR) is 102 cm³/mol. The van der Waals surface area contributed by atoms with Crippen molar-refractivity contribution in [1.82, 2.24) is 10.2 Å². The van der Waals surface area contributed by atoms with Gasteiger partial charge in [0.25, 0.3) is 5.91 Å². The molecule has 7 nitrogen and oxygen atoms in total. The summed E-state index contributed by atoms with van der Waals surface area (Å²) in [4.78, 5) is 27.2. The van der Waals surface area contributed by atoms with Gasteiger partial charge in [-0.25, -0.2) is 0 Å². The molecule has 1 aromatic carbocycles. The van der Waals surface area contributed by atoms with Crippen LogP contribution in [0.4, 0.5) is 5.69 Å². The molecule has 1 aromatic heterocycles. The monoisotopic (exact) mass is 371 g/mol. The van der Waals surface area contributed by atoms with Gasteiger partial charge in [-0.3, -0.25) is 9.59 Å². The molecule has 144 valence electrons. The van der Waals surface area contributed by atoms with Crippen LogP contribution in [0.25, 0.3) is 0 Å². The number of aryl methyl sites for hydroxylation is 1. The van der Waals surface area contributed by atoms with Crippen molar-refractivity contribution < 1.29 is 18.7 Å². The Morgan fingerprint density at radius 2 is 1.96 bits per heavy atom. The van der Waals surface area contributed by atoms with Gasteiger partial charge in [0.05, 0.1) is 18.9 Å². The Labute approximate surface area is 158 Å². The van der Waals surface area contributed by atoms with Crippen molar-refractivity contribution >= 4 is 17.5 Å². The van der Waals surface area contributed by atoms with Gasteiger partial charge in [-0.1, -0.05) is 6.07 Å². The molecule has 1 fully saturated rings. The smallest absolute Gasteiger partial charge is 0.257 e. The molecule has 1 aliphatic heterocycles. The van der Waals surface area contributed by atoms with E-state index in [0.29, 0.717) is 37.3 Å². The van der Waals surface area contributed by atoms with Crippen molar-refractivity contribution in [3.05, 3.63) is 47.9 Å². The highest BCUT2D eigenvalue weighted by molar-refractivity contribution is 5.96. The van der Waals surface area contributed by atoms with E-state index in [1.165, 1.54) is 6.26 Å². The standard InChI is InChI=1S/C20H25N3O4/c1-14-17(7-12-27-14)18(24)23-10-8-20(9-11-23,19(25)21-2)22-15-5-4-6-16(13-15)26-3/h4-7,12-13,22H,8-11H2,1-3H3,(H,21,25). The minimum atomic E-state index is -0.774. The van der Waals surface area contributed by atoms with E-state index >= 15 is 0 Å². The molecule has 27 heavy (non-hydrogen) atoms. The van der Waals surface area contributed by atoms with Crippen LogP contribution in [0.1, 0.15) is 29.0 Å². The van der Waals surface area contributed by atoms with Crippen LogP contribution in [0.3, 0.4) is 0 Å². The van der Waals surface area contributed by atoms with Crippen LogP contribution in [0.2, 0.25) is 0 Å². The second kappa shape index (κ2) is 7.73. The van der Waals surface area contributed by atoms with Crippen molar-refractivity contribution in [2.75, 3.05) is 32.6 Å². The lowest BCUT2D eigenvalue weighted by Crippen LogP contribution is -2.58. The number of anilines is 1. The highest BCUT2D eigenvalue weighted by atomic mass is 16.5. The Bertz CT molecular complexity index is 822. The quantitative estimate of drug-likeness (QED) is 0.843. The van der Waals surface area contributed by atoms with Crippen LogP contribution >= 0.6 is 0 Å². The predicted octanol–water partition coefficient (Wildman–Crippen LogP) is 2.43. The number of piperidine rings is 1. The topological polar surface area (TPSA) is 83.8 Å². The molecule has 0 atom stereocenters. The molecule has 2 amide bonds. The third kappa shape index (κ3) is 3.77. The molecule has 0 bridgehead atoms. The van der Waals surface area contributed by atoms with Gasteiger partial charge in [-0.2, -0.15) is 0 Å². The van der Waals surface area contributed by atoms with Gasteiger partial charge in [-0.05, 0) is 38.0 Å². The van der Waals surface area contributed by atoms with Gasteiger partial charge in [0.15, 0.2) is 0 Å². The molecule has 1 saturated heterocycles. The number of nitrogens with one attached hydrogen (secondary N) is 2. The number of ether oxygens (including phenoxy) is 1. The number of carbonyl (C=O) groups excluding carboxylic acids is 2. The van der Waals surface area contributed by atoms with E-state index < -0.39 is 5.54 Å². The number of nitrogens with zero attached hydrogens (tertiary/aromatic N) is 1. The highest BCUT2D eigenvalue weighted by Gasteiger charge is 2.42. The van der Waals surface area contributed by atoms with Crippen LogP contribution in [0.5, 0.6) is 5.75 Å². The van der Waals surface area contributed by atoms with E-state index in [-0.39, 0.29) is 11.8 Å². The summed E-state index contributed by atoms with van der Waals surface area (Å²) in [5, 5.41) is 6.13. The van der Waals surface area contributed by atoms with Crippen molar-refractivity contribution in [3.8, 4) is 5.75 Å². The van der Waals surface area contributed by atoms with Gasteiger partial charge in [0, 0.05) is 31.9 Å². The molecular weight excluding hydrogens is 346 g/mol. The van der Waals surface area contributed by atoms with Gasteiger partial charge in [0.1, 0.15) is 17.0 Å². The maximum absolute atomic E-state index is 12.7. The largest absolute Gasteiger partial charge is 0.497 e. The number of hydrogen-bond acceptors (Lipinski definition) is 5. The van der Waals surface area contributed by atoms with E-state index in [9.17, 15) is 9.59 Å². The number of carbonyl (C=O) groups is 2. The van der Waals surface area contributed by atoms with Crippen molar-refractivity contribution in [3.63, 3.8) is 0 Å². The van der Waals surface area contributed by atoms with Crippen molar-refractivity contribution in [1.29, 1.82) is 0 Å². The lowest BCUT2D eigenvalue weighted by atomic mass is 9.85. The number of furan rings is 1. The number of rotatable bonds is 5. The van der Waals surface area contributed by atoms with Crippen molar-refractivity contribution in [2.45, 2.75) is 25.3 Å². The fourth-order valence-electron chi connectivity index (χ4n) is 3.49. The molecule has 0 unspecified atom stereocenters. The maximum atomic E-state index is 12.7. The molecule has 1 aliphatic rings. The molecule has 2 N–H and O–H groups in total.